The molecule has 0 spiro atoms. The molecule has 4 atom stereocenters. The molecule has 204 valence electrons. The van der Waals surface area contributed by atoms with Crippen molar-refractivity contribution in [2.45, 2.75) is 76.3 Å². The lowest BCUT2D eigenvalue weighted by atomic mass is 9.81. The van der Waals surface area contributed by atoms with Gasteiger partial charge in [-0.3, -0.25) is 4.90 Å². The molecule has 8 heteroatoms. The van der Waals surface area contributed by atoms with Gasteiger partial charge in [0.2, 0.25) is 0 Å². The number of hydrogen-bond donors (Lipinski definition) is 0. The second kappa shape index (κ2) is 10.2. The van der Waals surface area contributed by atoms with Crippen LogP contribution in [0.1, 0.15) is 77.3 Å². The predicted octanol–water partition coefficient (Wildman–Crippen LogP) is 7.40. The maximum absolute atomic E-state index is 12.0. The van der Waals surface area contributed by atoms with Gasteiger partial charge in [-0.05, 0) is 85.8 Å². The molecule has 6 nitrogen and oxygen atoms in total. The average Bonchev–Trinajstić information content (AvgIpc) is 3.46. The first kappa shape index (κ1) is 25.6. The number of aromatic nitrogens is 1. The molecule has 1 aromatic heterocycles. The van der Waals surface area contributed by atoms with Crippen molar-refractivity contribution >= 4 is 29.2 Å². The zero-order chi connectivity index (χ0) is 26.7. The summed E-state index contributed by atoms with van der Waals surface area (Å²) in [5.41, 5.74) is 5.65. The van der Waals surface area contributed by atoms with Crippen LogP contribution in [0.5, 0.6) is 0 Å². The number of halogens is 2. The highest BCUT2D eigenvalue weighted by molar-refractivity contribution is 6.39. The van der Waals surface area contributed by atoms with E-state index in [9.17, 15) is 4.79 Å². The Morgan fingerprint density at radius 2 is 1.74 bits per heavy atom. The number of rotatable bonds is 7. The van der Waals surface area contributed by atoms with Gasteiger partial charge in [0.1, 0.15) is 11.5 Å². The summed E-state index contributed by atoms with van der Waals surface area (Å²) in [6.45, 7) is 2.32. The summed E-state index contributed by atoms with van der Waals surface area (Å²) in [5.74, 6) is 2.30. The van der Waals surface area contributed by atoms with Crippen LogP contribution < -0.4 is 0 Å². The van der Waals surface area contributed by atoms with Gasteiger partial charge >= 0.3 is 5.97 Å². The second-order valence-corrected chi connectivity index (χ2v) is 12.4. The minimum atomic E-state index is -0.272. The SMILES string of the molecule is COC(=O)c1ccc2c(c1)CN([C@H]1[C@@H]3CC[C@H]1C[C@H](OCc1c(-c4c(Cl)cccc4Cl)noc1C1CC1)C3)C2. The average molecular weight is 568 g/mol. The maximum atomic E-state index is 12.0. The maximum Gasteiger partial charge on any atom is 0.337 e. The van der Waals surface area contributed by atoms with E-state index >= 15 is 0 Å². The largest absolute Gasteiger partial charge is 0.465 e. The van der Waals surface area contributed by atoms with Crippen molar-refractivity contribution < 1.29 is 18.8 Å². The molecule has 0 N–H and O–H groups in total. The van der Waals surface area contributed by atoms with Crippen LogP contribution >= 0.6 is 23.2 Å². The Kier molecular flexibility index (Phi) is 6.71. The molecule has 3 saturated carbocycles. The zero-order valence-corrected chi connectivity index (χ0v) is 23.5. The molecule has 0 unspecified atom stereocenters. The number of benzene rings is 2. The molecule has 0 amide bonds. The van der Waals surface area contributed by atoms with Gasteiger partial charge in [-0.2, -0.15) is 0 Å². The summed E-state index contributed by atoms with van der Waals surface area (Å²) in [5, 5.41) is 5.57. The molecule has 2 aromatic carbocycles. The summed E-state index contributed by atoms with van der Waals surface area (Å²) in [4.78, 5) is 14.6. The summed E-state index contributed by atoms with van der Waals surface area (Å²) < 4.78 is 17.4. The van der Waals surface area contributed by atoms with E-state index in [1.54, 1.807) is 0 Å². The first-order valence-corrected chi connectivity index (χ1v) is 14.7. The standard InChI is InChI=1S/C31H32Cl2N2O4/c1-37-31(36)20-9-10-21-14-35(15-22(21)11-20)29-18-7-8-19(29)13-23(12-18)38-16-24-28(34-39-30(24)17-5-6-17)27-25(32)3-2-4-26(27)33/h2-4,9-11,17-19,23,29H,5-8,12-16H2,1H3/t18-,19+,23-,29+. The van der Waals surface area contributed by atoms with Crippen LogP contribution in [0, 0.1) is 11.8 Å². The van der Waals surface area contributed by atoms with Crippen LogP contribution in [0.15, 0.2) is 40.9 Å². The molecule has 0 radical (unpaired) electrons. The lowest BCUT2D eigenvalue weighted by Gasteiger charge is -2.40. The van der Waals surface area contributed by atoms with Gasteiger partial charge in [0.25, 0.3) is 0 Å². The highest BCUT2D eigenvalue weighted by Gasteiger charge is 2.47. The molecule has 2 heterocycles. The summed E-state index contributed by atoms with van der Waals surface area (Å²) in [7, 11) is 1.43. The normalized spacial score (nSPS) is 26.1. The summed E-state index contributed by atoms with van der Waals surface area (Å²) in [6, 6.07) is 12.1. The zero-order valence-electron chi connectivity index (χ0n) is 22.0. The number of esters is 1. The number of hydrogen-bond acceptors (Lipinski definition) is 6. The van der Waals surface area contributed by atoms with E-state index in [2.05, 4.69) is 16.1 Å². The third kappa shape index (κ3) is 4.69. The van der Waals surface area contributed by atoms with E-state index in [0.29, 0.717) is 51.7 Å². The van der Waals surface area contributed by atoms with Crippen LogP contribution in [0.25, 0.3) is 11.3 Å². The Balaban J connectivity index is 1.05. The lowest BCUT2D eigenvalue weighted by Crippen LogP contribution is -2.44. The Labute approximate surface area is 238 Å². The van der Waals surface area contributed by atoms with E-state index in [0.717, 1.165) is 55.7 Å². The predicted molar refractivity (Wildman–Crippen MR) is 149 cm³/mol. The highest BCUT2D eigenvalue weighted by Crippen LogP contribution is 2.49. The fourth-order valence-corrected chi connectivity index (χ4v) is 7.88. The van der Waals surface area contributed by atoms with Gasteiger partial charge in [0.05, 0.1) is 35.4 Å². The van der Waals surface area contributed by atoms with Gasteiger partial charge in [0, 0.05) is 36.2 Å². The molecule has 3 aromatic rings. The lowest BCUT2D eigenvalue weighted by molar-refractivity contribution is -0.0334. The highest BCUT2D eigenvalue weighted by atomic mass is 35.5. The van der Waals surface area contributed by atoms with E-state index < -0.39 is 0 Å². The fraction of sp³-hybridized carbons (Fsp3) is 0.484. The number of carbonyl (C=O) groups excluding carboxylic acids is 1. The van der Waals surface area contributed by atoms with Crippen LogP contribution in [-0.4, -0.2) is 35.3 Å². The van der Waals surface area contributed by atoms with E-state index in [4.69, 9.17) is 37.2 Å². The second-order valence-electron chi connectivity index (χ2n) is 11.6. The summed E-state index contributed by atoms with van der Waals surface area (Å²) in [6.07, 6.45) is 7.07. The van der Waals surface area contributed by atoms with Crippen molar-refractivity contribution in [3.63, 3.8) is 0 Å². The Hall–Kier alpha value is -2.38. The Morgan fingerprint density at radius 1 is 1.03 bits per heavy atom. The summed E-state index contributed by atoms with van der Waals surface area (Å²) >= 11 is 13.1. The number of fused-ring (bicyclic) bond motifs is 3. The molecule has 4 aliphatic rings. The van der Waals surface area contributed by atoms with Crippen LogP contribution in [-0.2, 0) is 29.2 Å². The van der Waals surface area contributed by atoms with Gasteiger partial charge in [-0.15, -0.1) is 0 Å². The molecule has 3 fully saturated rings. The van der Waals surface area contributed by atoms with Crippen LogP contribution in [0.4, 0.5) is 0 Å². The van der Waals surface area contributed by atoms with E-state index in [1.165, 1.54) is 31.1 Å². The van der Waals surface area contributed by atoms with Crippen LogP contribution in [0.2, 0.25) is 10.0 Å². The topological polar surface area (TPSA) is 64.8 Å². The van der Waals surface area contributed by atoms with Gasteiger partial charge < -0.3 is 14.0 Å². The number of ether oxygens (including phenoxy) is 2. The van der Waals surface area contributed by atoms with Gasteiger partial charge in [0.15, 0.2) is 0 Å². The molecular formula is C31H32Cl2N2O4. The van der Waals surface area contributed by atoms with Gasteiger partial charge in [-0.25, -0.2) is 4.79 Å². The molecule has 1 aliphatic heterocycles. The van der Waals surface area contributed by atoms with E-state index in [1.807, 2.05) is 30.3 Å². The Morgan fingerprint density at radius 3 is 2.44 bits per heavy atom. The number of nitrogens with zero attached hydrogens (tertiary/aromatic N) is 2. The first-order valence-electron chi connectivity index (χ1n) is 14.0. The smallest absolute Gasteiger partial charge is 0.337 e. The van der Waals surface area contributed by atoms with Crippen LogP contribution in [0.3, 0.4) is 0 Å². The quantitative estimate of drug-likeness (QED) is 0.277. The minimum Gasteiger partial charge on any atom is -0.465 e. The first-order chi connectivity index (χ1) is 19.0. The number of methoxy groups -OCH3 is 1. The third-order valence-corrected chi connectivity index (χ3v) is 9.86. The number of carbonyl (C=O) groups is 1. The van der Waals surface area contributed by atoms with Crippen molar-refractivity contribution in [3.05, 3.63) is 74.5 Å². The molecule has 7 rings (SSSR count). The van der Waals surface area contributed by atoms with E-state index in [-0.39, 0.29) is 12.1 Å². The van der Waals surface area contributed by atoms with Crippen molar-refractivity contribution in [1.29, 1.82) is 0 Å². The Bertz CT molecular complexity index is 1380. The van der Waals surface area contributed by atoms with Crippen molar-refractivity contribution in [1.82, 2.24) is 10.1 Å². The molecule has 0 saturated heterocycles. The van der Waals surface area contributed by atoms with Crippen molar-refractivity contribution in [2.75, 3.05) is 7.11 Å². The van der Waals surface area contributed by atoms with Gasteiger partial charge in [-0.1, -0.05) is 40.5 Å². The fourth-order valence-electron chi connectivity index (χ4n) is 7.30. The molecular weight excluding hydrogens is 535 g/mol. The minimum absolute atomic E-state index is 0.214. The van der Waals surface area contributed by atoms with Crippen molar-refractivity contribution in [3.8, 4) is 11.3 Å². The molecule has 39 heavy (non-hydrogen) atoms. The monoisotopic (exact) mass is 566 g/mol. The molecule has 3 aliphatic carbocycles. The molecule has 2 bridgehead atoms. The van der Waals surface area contributed by atoms with Crippen molar-refractivity contribution in [2.24, 2.45) is 11.8 Å². The third-order valence-electron chi connectivity index (χ3n) is 9.23.